The van der Waals surface area contributed by atoms with Crippen LogP contribution in [0.5, 0.6) is 0 Å². The first-order valence-corrected chi connectivity index (χ1v) is 24.2. The number of fused-ring (bicyclic) bond motifs is 8. The molecule has 14 rings (SSSR count). The number of hydrogen-bond donors (Lipinski definition) is 0. The second-order valence-electron chi connectivity index (χ2n) is 18.3. The molecule has 0 N–H and O–H groups in total. The van der Waals surface area contributed by atoms with Crippen molar-refractivity contribution < 1.29 is 0 Å². The minimum absolute atomic E-state index is 1.14. The Morgan fingerprint density at radius 3 is 1.10 bits per heavy atom. The van der Waals surface area contributed by atoms with Crippen LogP contribution in [0.1, 0.15) is 0 Å². The number of rotatable bonds is 7. The summed E-state index contributed by atoms with van der Waals surface area (Å²) in [6, 6.07) is 98.3. The molecule has 0 saturated heterocycles. The van der Waals surface area contributed by atoms with Crippen molar-refractivity contribution in [2.45, 2.75) is 0 Å². The topological polar surface area (TPSA) is 9.86 Å². The van der Waals surface area contributed by atoms with E-state index in [4.69, 9.17) is 0 Å². The van der Waals surface area contributed by atoms with Gasteiger partial charge in [0.05, 0.1) is 22.1 Å². The molecule has 0 aliphatic rings. The average molecular weight is 889 g/mol. The van der Waals surface area contributed by atoms with Crippen LogP contribution in [0, 0.1) is 0 Å². The Bertz CT molecular complexity index is 4100. The van der Waals surface area contributed by atoms with E-state index in [-0.39, 0.29) is 0 Å². The van der Waals surface area contributed by atoms with Crippen LogP contribution in [-0.2, 0) is 0 Å². The SMILES string of the molecule is c1ccc(-c2ccc(-c3c4cccc(-c5cccc6c7ccccc7n(-c7ccccc7)c56)c4cc4c(-c5cccc6c7ccccc7n(-c7ccccc7)c56)cccc34)c(-c3ccccc3)c2)cc1. The first-order chi connectivity index (χ1) is 34.8. The summed E-state index contributed by atoms with van der Waals surface area (Å²) in [4.78, 5) is 0. The second kappa shape index (κ2) is 16.2. The van der Waals surface area contributed by atoms with Crippen LogP contribution in [0.15, 0.2) is 267 Å². The quantitative estimate of drug-likeness (QED) is 0.141. The molecular formula is C68H44N2. The van der Waals surface area contributed by atoms with E-state index in [1.54, 1.807) is 0 Å². The third-order valence-corrected chi connectivity index (χ3v) is 14.5. The van der Waals surface area contributed by atoms with Crippen LogP contribution in [0.25, 0.3) is 132 Å². The maximum atomic E-state index is 2.50. The van der Waals surface area contributed by atoms with Crippen molar-refractivity contribution in [3.8, 4) is 67.0 Å². The second-order valence-corrected chi connectivity index (χ2v) is 18.3. The number of benzene rings is 12. The molecule has 0 unspecified atom stereocenters. The van der Waals surface area contributed by atoms with Gasteiger partial charge in [-0.05, 0) is 115 Å². The molecule has 0 saturated carbocycles. The van der Waals surface area contributed by atoms with Gasteiger partial charge in [0, 0.05) is 44.0 Å². The first kappa shape index (κ1) is 39.9. The predicted molar refractivity (Wildman–Crippen MR) is 297 cm³/mol. The van der Waals surface area contributed by atoms with Crippen LogP contribution < -0.4 is 0 Å². The van der Waals surface area contributed by atoms with E-state index in [0.29, 0.717) is 0 Å². The third-order valence-electron chi connectivity index (χ3n) is 14.5. The summed E-state index contributed by atoms with van der Waals surface area (Å²) in [5, 5.41) is 9.78. The van der Waals surface area contributed by atoms with E-state index in [9.17, 15) is 0 Å². The van der Waals surface area contributed by atoms with E-state index >= 15 is 0 Å². The van der Waals surface area contributed by atoms with Crippen molar-refractivity contribution in [3.63, 3.8) is 0 Å². The van der Waals surface area contributed by atoms with Gasteiger partial charge in [0.2, 0.25) is 0 Å². The van der Waals surface area contributed by atoms with E-state index in [0.717, 1.165) is 11.4 Å². The Morgan fingerprint density at radius 2 is 0.600 bits per heavy atom. The van der Waals surface area contributed by atoms with Crippen LogP contribution in [0.2, 0.25) is 0 Å². The summed E-state index contributed by atoms with van der Waals surface area (Å²) in [6.45, 7) is 0. The molecule has 70 heavy (non-hydrogen) atoms. The zero-order chi connectivity index (χ0) is 46.1. The lowest BCUT2D eigenvalue weighted by atomic mass is 9.83. The van der Waals surface area contributed by atoms with Gasteiger partial charge in [0.25, 0.3) is 0 Å². The maximum Gasteiger partial charge on any atom is 0.0619 e. The van der Waals surface area contributed by atoms with Crippen molar-refractivity contribution in [2.75, 3.05) is 0 Å². The molecular weight excluding hydrogens is 845 g/mol. The molecule has 326 valence electrons. The lowest BCUT2D eigenvalue weighted by Crippen LogP contribution is -1.97. The summed E-state index contributed by atoms with van der Waals surface area (Å²) >= 11 is 0. The number of nitrogens with zero attached hydrogens (tertiary/aromatic N) is 2. The normalized spacial score (nSPS) is 11.7. The maximum absolute atomic E-state index is 2.50. The zero-order valence-corrected chi connectivity index (χ0v) is 38.3. The number of aromatic nitrogens is 2. The van der Waals surface area contributed by atoms with Crippen LogP contribution in [0.4, 0.5) is 0 Å². The van der Waals surface area contributed by atoms with E-state index in [2.05, 4.69) is 276 Å². The fraction of sp³-hybridized carbons (Fsp3) is 0. The van der Waals surface area contributed by atoms with Crippen LogP contribution >= 0.6 is 0 Å². The highest BCUT2D eigenvalue weighted by molar-refractivity contribution is 6.24. The van der Waals surface area contributed by atoms with Gasteiger partial charge in [-0.25, -0.2) is 0 Å². The Kier molecular flexibility index (Phi) is 9.25. The number of para-hydroxylation sites is 6. The van der Waals surface area contributed by atoms with Gasteiger partial charge in [-0.2, -0.15) is 0 Å². The standard InChI is InChI=1S/C68H44N2/c1-5-21-45(22-6-1)47-41-42-56(61(43-47)46-23-7-2-8-24-46)66-54-33-17-31-50(57-35-19-37-59-52-29-13-15-39-64(52)69(67(57)59)48-25-9-3-10-26-48)62(54)44-63-51(32-18-34-55(63)66)58-36-20-38-60-53-30-14-16-40-65(53)70(68(58)60)49-27-11-4-12-28-49/h1-44H. The molecule has 2 heteroatoms. The van der Waals surface area contributed by atoms with Gasteiger partial charge >= 0.3 is 0 Å². The average Bonchev–Trinajstić information content (AvgIpc) is 3.96. The smallest absolute Gasteiger partial charge is 0.0619 e. The van der Waals surface area contributed by atoms with Crippen molar-refractivity contribution in [1.29, 1.82) is 0 Å². The highest BCUT2D eigenvalue weighted by Crippen LogP contribution is 2.49. The molecule has 2 nitrogen and oxygen atoms in total. The fourth-order valence-electron chi connectivity index (χ4n) is 11.5. The molecule has 0 atom stereocenters. The molecule has 2 heterocycles. The Hall–Kier alpha value is -9.24. The first-order valence-electron chi connectivity index (χ1n) is 24.2. The van der Waals surface area contributed by atoms with Crippen LogP contribution in [0.3, 0.4) is 0 Å². The molecule has 0 aliphatic carbocycles. The van der Waals surface area contributed by atoms with E-state index in [1.165, 1.54) is 121 Å². The van der Waals surface area contributed by atoms with E-state index < -0.39 is 0 Å². The molecule has 0 spiro atoms. The van der Waals surface area contributed by atoms with Crippen molar-refractivity contribution in [3.05, 3.63) is 267 Å². The highest BCUT2D eigenvalue weighted by Gasteiger charge is 2.24. The van der Waals surface area contributed by atoms with Gasteiger partial charge < -0.3 is 9.13 Å². The summed E-state index contributed by atoms with van der Waals surface area (Å²) in [5.74, 6) is 0. The largest absolute Gasteiger partial charge is 0.309 e. The molecule has 0 radical (unpaired) electrons. The molecule has 0 amide bonds. The minimum atomic E-state index is 1.14. The predicted octanol–water partition coefficient (Wildman–Crippen LogP) is 18.5. The molecule has 0 aliphatic heterocycles. The van der Waals surface area contributed by atoms with Gasteiger partial charge in [-0.15, -0.1) is 0 Å². The van der Waals surface area contributed by atoms with Crippen molar-refractivity contribution >= 4 is 65.2 Å². The monoisotopic (exact) mass is 888 g/mol. The van der Waals surface area contributed by atoms with Crippen molar-refractivity contribution in [1.82, 2.24) is 9.13 Å². The van der Waals surface area contributed by atoms with Gasteiger partial charge in [0.1, 0.15) is 0 Å². The van der Waals surface area contributed by atoms with Gasteiger partial charge in [-0.1, -0.05) is 218 Å². The summed E-state index contributed by atoms with van der Waals surface area (Å²) in [7, 11) is 0. The Morgan fingerprint density at radius 1 is 0.200 bits per heavy atom. The lowest BCUT2D eigenvalue weighted by Gasteiger charge is -2.21. The molecule has 2 aromatic heterocycles. The highest BCUT2D eigenvalue weighted by atomic mass is 15.0. The lowest BCUT2D eigenvalue weighted by molar-refractivity contribution is 1.18. The summed E-state index contributed by atoms with van der Waals surface area (Å²) < 4.78 is 4.93. The summed E-state index contributed by atoms with van der Waals surface area (Å²) in [6.07, 6.45) is 0. The molecule has 14 aromatic rings. The zero-order valence-electron chi connectivity index (χ0n) is 38.3. The van der Waals surface area contributed by atoms with Crippen molar-refractivity contribution in [2.24, 2.45) is 0 Å². The molecule has 12 aromatic carbocycles. The Balaban J connectivity index is 1.14. The van der Waals surface area contributed by atoms with Gasteiger partial charge in [-0.3, -0.25) is 0 Å². The third kappa shape index (κ3) is 6.20. The summed E-state index contributed by atoms with van der Waals surface area (Å²) in [5.41, 5.74) is 19.0. The Labute approximate surface area is 406 Å². The minimum Gasteiger partial charge on any atom is -0.309 e. The van der Waals surface area contributed by atoms with Crippen LogP contribution in [-0.4, -0.2) is 9.13 Å². The number of hydrogen-bond acceptors (Lipinski definition) is 0. The fourth-order valence-corrected chi connectivity index (χ4v) is 11.5. The van der Waals surface area contributed by atoms with E-state index in [1.807, 2.05) is 0 Å². The molecule has 0 fully saturated rings. The molecule has 0 bridgehead atoms. The van der Waals surface area contributed by atoms with Gasteiger partial charge in [0.15, 0.2) is 0 Å².